The number of tetrazole rings is 1. The second-order valence-electron chi connectivity index (χ2n) is 4.90. The highest BCUT2D eigenvalue weighted by Crippen LogP contribution is 2.29. The number of aromatic amines is 1. The van der Waals surface area contributed by atoms with Crippen molar-refractivity contribution in [1.82, 2.24) is 25.9 Å². The molecule has 1 aliphatic rings. The summed E-state index contributed by atoms with van der Waals surface area (Å²) in [6.45, 7) is 1.76. The van der Waals surface area contributed by atoms with Crippen molar-refractivity contribution in [1.29, 1.82) is 0 Å². The van der Waals surface area contributed by atoms with Crippen molar-refractivity contribution >= 4 is 11.9 Å². The third kappa shape index (κ3) is 3.27. The van der Waals surface area contributed by atoms with Crippen LogP contribution >= 0.6 is 0 Å². The van der Waals surface area contributed by atoms with Gasteiger partial charge in [0.2, 0.25) is 5.91 Å². The van der Waals surface area contributed by atoms with Gasteiger partial charge in [-0.2, -0.15) is 5.21 Å². The van der Waals surface area contributed by atoms with Crippen molar-refractivity contribution in [2.24, 2.45) is 11.8 Å². The zero-order valence-electron chi connectivity index (χ0n) is 10.7. The normalized spacial score (nSPS) is 24.7. The van der Waals surface area contributed by atoms with E-state index in [0.717, 1.165) is 12.8 Å². The molecule has 1 saturated carbocycles. The minimum atomic E-state index is -0.816. The van der Waals surface area contributed by atoms with E-state index >= 15 is 0 Å². The molecule has 0 radical (unpaired) electrons. The lowest BCUT2D eigenvalue weighted by Crippen LogP contribution is -2.37. The van der Waals surface area contributed by atoms with Gasteiger partial charge >= 0.3 is 5.97 Å². The van der Waals surface area contributed by atoms with Gasteiger partial charge < -0.3 is 10.4 Å². The van der Waals surface area contributed by atoms with Crippen LogP contribution in [0.15, 0.2) is 0 Å². The molecule has 8 nitrogen and oxygen atoms in total. The number of amides is 1. The number of nitrogens with one attached hydrogen (secondary N) is 2. The lowest BCUT2D eigenvalue weighted by Gasteiger charge is -2.26. The van der Waals surface area contributed by atoms with E-state index in [1.165, 1.54) is 0 Å². The number of aliphatic carboxylic acids is 1. The zero-order valence-corrected chi connectivity index (χ0v) is 10.7. The molecule has 0 bridgehead atoms. The Balaban J connectivity index is 1.91. The molecule has 1 amide bonds. The Morgan fingerprint density at radius 1 is 1.42 bits per heavy atom. The first-order chi connectivity index (χ1) is 9.08. The summed E-state index contributed by atoms with van der Waals surface area (Å²) in [6.07, 6.45) is 2.56. The molecule has 0 spiro atoms. The van der Waals surface area contributed by atoms with Crippen molar-refractivity contribution in [3.63, 3.8) is 0 Å². The number of carboxylic acid groups (broad SMARTS) is 1. The number of aromatic nitrogens is 4. The number of H-pyrrole nitrogens is 1. The third-order valence-corrected chi connectivity index (χ3v) is 3.50. The van der Waals surface area contributed by atoms with Gasteiger partial charge in [0.15, 0.2) is 5.82 Å². The number of rotatable bonds is 4. The van der Waals surface area contributed by atoms with E-state index in [4.69, 9.17) is 5.11 Å². The Morgan fingerprint density at radius 2 is 2.16 bits per heavy atom. The second-order valence-corrected chi connectivity index (χ2v) is 4.90. The average Bonchev–Trinajstić information content (AvgIpc) is 2.92. The predicted octanol–water partition coefficient (Wildman–Crippen LogP) is 0.268. The zero-order chi connectivity index (χ0) is 13.8. The average molecular weight is 267 g/mol. The van der Waals surface area contributed by atoms with Crippen LogP contribution in [0.5, 0.6) is 0 Å². The van der Waals surface area contributed by atoms with E-state index in [1.807, 2.05) is 0 Å². The summed E-state index contributed by atoms with van der Waals surface area (Å²) in [6, 6.07) is -0.337. The molecular weight excluding hydrogens is 250 g/mol. The number of carboxylic acids is 1. The van der Waals surface area contributed by atoms with Crippen molar-refractivity contribution in [2.45, 2.75) is 38.6 Å². The second kappa shape index (κ2) is 5.77. The lowest BCUT2D eigenvalue weighted by molar-refractivity contribution is -0.144. The molecule has 104 valence electrons. The van der Waals surface area contributed by atoms with Crippen molar-refractivity contribution < 1.29 is 14.7 Å². The Hall–Kier alpha value is -1.99. The predicted molar refractivity (Wildman–Crippen MR) is 63.8 cm³/mol. The summed E-state index contributed by atoms with van der Waals surface area (Å²) in [5.74, 6) is -1.19. The first-order valence-electron chi connectivity index (χ1n) is 6.34. The summed E-state index contributed by atoms with van der Waals surface area (Å²) < 4.78 is 0. The maximum atomic E-state index is 12.1. The van der Waals surface area contributed by atoms with Crippen LogP contribution in [-0.4, -0.2) is 37.6 Å². The maximum absolute atomic E-state index is 12.1. The largest absolute Gasteiger partial charge is 0.481 e. The van der Waals surface area contributed by atoms with Gasteiger partial charge in [-0.1, -0.05) is 11.6 Å². The molecule has 2 rings (SSSR count). The molecule has 1 heterocycles. The minimum Gasteiger partial charge on any atom is -0.481 e. The van der Waals surface area contributed by atoms with E-state index in [-0.39, 0.29) is 17.9 Å². The van der Waals surface area contributed by atoms with E-state index in [0.29, 0.717) is 18.7 Å². The molecule has 19 heavy (non-hydrogen) atoms. The van der Waals surface area contributed by atoms with E-state index < -0.39 is 11.9 Å². The fourth-order valence-corrected chi connectivity index (χ4v) is 2.40. The fourth-order valence-electron chi connectivity index (χ4n) is 2.40. The maximum Gasteiger partial charge on any atom is 0.306 e. The first kappa shape index (κ1) is 13.4. The molecule has 3 atom stereocenters. The Morgan fingerprint density at radius 3 is 2.79 bits per heavy atom. The molecule has 8 heteroatoms. The molecular formula is C11H17N5O3. The van der Waals surface area contributed by atoms with E-state index in [1.54, 1.807) is 6.92 Å². The van der Waals surface area contributed by atoms with Crippen LogP contribution < -0.4 is 5.32 Å². The van der Waals surface area contributed by atoms with Gasteiger partial charge in [0.05, 0.1) is 12.0 Å². The molecule has 1 aliphatic carbocycles. The van der Waals surface area contributed by atoms with Crippen molar-refractivity contribution in [3.05, 3.63) is 5.82 Å². The molecule has 3 unspecified atom stereocenters. The monoisotopic (exact) mass is 267 g/mol. The Kier molecular flexibility index (Phi) is 4.08. The summed E-state index contributed by atoms with van der Waals surface area (Å²) >= 11 is 0. The molecule has 0 aliphatic heterocycles. The van der Waals surface area contributed by atoms with Crippen LogP contribution in [-0.2, 0) is 9.59 Å². The SMILES string of the molecule is CC(NC(=O)C1CCCC(C(=O)O)C1)c1nn[nH]n1. The highest BCUT2D eigenvalue weighted by Gasteiger charge is 2.31. The summed E-state index contributed by atoms with van der Waals surface area (Å²) in [7, 11) is 0. The van der Waals surface area contributed by atoms with Crippen molar-refractivity contribution in [3.8, 4) is 0 Å². The number of carbonyl (C=O) groups excluding carboxylic acids is 1. The smallest absolute Gasteiger partial charge is 0.306 e. The highest BCUT2D eigenvalue weighted by atomic mass is 16.4. The molecule has 3 N–H and O–H groups in total. The molecule has 1 fully saturated rings. The number of hydrogen-bond acceptors (Lipinski definition) is 5. The Labute approximate surface area is 110 Å². The van der Waals surface area contributed by atoms with Crippen LogP contribution in [0, 0.1) is 11.8 Å². The van der Waals surface area contributed by atoms with Crippen LogP contribution in [0.4, 0.5) is 0 Å². The van der Waals surface area contributed by atoms with Crippen LogP contribution in [0.25, 0.3) is 0 Å². The standard InChI is InChI=1S/C11H17N5O3/c1-6(9-13-15-16-14-9)12-10(17)7-3-2-4-8(5-7)11(18)19/h6-8H,2-5H2,1H3,(H,12,17)(H,18,19)(H,13,14,15,16). The Bertz CT molecular complexity index is 447. The first-order valence-corrected chi connectivity index (χ1v) is 6.34. The summed E-state index contributed by atoms with van der Waals surface area (Å²) in [5, 5.41) is 25.2. The van der Waals surface area contributed by atoms with Crippen LogP contribution in [0.3, 0.4) is 0 Å². The van der Waals surface area contributed by atoms with E-state index in [9.17, 15) is 9.59 Å². The van der Waals surface area contributed by atoms with Gasteiger partial charge in [0.25, 0.3) is 0 Å². The summed E-state index contributed by atoms with van der Waals surface area (Å²) in [5.41, 5.74) is 0. The number of nitrogens with zero attached hydrogens (tertiary/aromatic N) is 3. The number of hydrogen-bond donors (Lipinski definition) is 3. The highest BCUT2D eigenvalue weighted by molar-refractivity contribution is 5.80. The van der Waals surface area contributed by atoms with E-state index in [2.05, 4.69) is 25.9 Å². The van der Waals surface area contributed by atoms with Crippen LogP contribution in [0.1, 0.15) is 44.5 Å². The third-order valence-electron chi connectivity index (χ3n) is 3.50. The lowest BCUT2D eigenvalue weighted by atomic mass is 9.81. The molecule has 0 aromatic carbocycles. The minimum absolute atomic E-state index is 0.136. The van der Waals surface area contributed by atoms with Gasteiger partial charge in [-0.25, -0.2) is 0 Å². The molecule has 0 saturated heterocycles. The molecule has 1 aromatic rings. The van der Waals surface area contributed by atoms with Gasteiger partial charge in [-0.15, -0.1) is 10.2 Å². The topological polar surface area (TPSA) is 121 Å². The quantitative estimate of drug-likeness (QED) is 0.720. The van der Waals surface area contributed by atoms with Gasteiger partial charge in [-0.05, 0) is 26.2 Å². The van der Waals surface area contributed by atoms with Crippen molar-refractivity contribution in [2.75, 3.05) is 0 Å². The van der Waals surface area contributed by atoms with Crippen LogP contribution in [0.2, 0.25) is 0 Å². The molecule has 1 aromatic heterocycles. The summed E-state index contributed by atoms with van der Waals surface area (Å²) in [4.78, 5) is 23.0. The fraction of sp³-hybridized carbons (Fsp3) is 0.727. The van der Waals surface area contributed by atoms with Gasteiger partial charge in [-0.3, -0.25) is 9.59 Å². The van der Waals surface area contributed by atoms with Gasteiger partial charge in [0.1, 0.15) is 0 Å². The van der Waals surface area contributed by atoms with Gasteiger partial charge in [0, 0.05) is 5.92 Å². The number of carbonyl (C=O) groups is 2.